The zero-order chi connectivity index (χ0) is 20.8. The van der Waals surface area contributed by atoms with Crippen molar-refractivity contribution < 1.29 is 22.4 Å². The van der Waals surface area contributed by atoms with Crippen LogP contribution in [-0.4, -0.2) is 21.9 Å². The van der Waals surface area contributed by atoms with Gasteiger partial charge in [0.2, 0.25) is 0 Å². The highest BCUT2D eigenvalue weighted by Crippen LogP contribution is 2.44. The third-order valence-corrected chi connectivity index (χ3v) is 4.85. The number of aromatic nitrogens is 2. The molecule has 4 rings (SSSR count). The lowest BCUT2D eigenvalue weighted by atomic mass is 10.0. The van der Waals surface area contributed by atoms with Crippen molar-refractivity contribution in [1.82, 2.24) is 9.78 Å². The zero-order valence-corrected chi connectivity index (χ0v) is 15.7. The highest BCUT2D eigenvalue weighted by molar-refractivity contribution is 6.07. The summed E-state index contributed by atoms with van der Waals surface area (Å²) < 4.78 is 47.1. The predicted molar refractivity (Wildman–Crippen MR) is 101 cm³/mol. The predicted octanol–water partition coefficient (Wildman–Crippen LogP) is 5.01. The normalized spacial score (nSPS) is 18.8. The van der Waals surface area contributed by atoms with Crippen LogP contribution in [0.2, 0.25) is 0 Å². The Balaban J connectivity index is 1.68. The van der Waals surface area contributed by atoms with Gasteiger partial charge in [0.05, 0.1) is 18.5 Å². The molecule has 0 radical (unpaired) electrons. The minimum Gasteiger partial charge on any atom is -0.467 e. The number of halogens is 3. The Bertz CT molecular complexity index is 1020. The number of hydrogen-bond acceptors (Lipinski definition) is 4. The Morgan fingerprint density at radius 3 is 2.62 bits per heavy atom. The number of hydrogen-bond donors (Lipinski definition) is 2. The summed E-state index contributed by atoms with van der Waals surface area (Å²) in [7, 11) is 0. The Morgan fingerprint density at radius 1 is 1.28 bits per heavy atom. The summed E-state index contributed by atoms with van der Waals surface area (Å²) in [6.07, 6.45) is -2.25. The fourth-order valence-electron chi connectivity index (χ4n) is 3.65. The number of carbonyl (C=O) groups is 1. The second-order valence-corrected chi connectivity index (χ2v) is 7.19. The van der Waals surface area contributed by atoms with Crippen molar-refractivity contribution in [3.05, 3.63) is 65.2 Å². The molecular formula is C20H19F3N4O2. The molecular weight excluding hydrogens is 385 g/mol. The van der Waals surface area contributed by atoms with Gasteiger partial charge in [-0.2, -0.15) is 18.3 Å². The molecule has 0 saturated heterocycles. The molecule has 1 aliphatic rings. The molecule has 0 saturated carbocycles. The highest BCUT2D eigenvalue weighted by atomic mass is 19.4. The Labute approximate surface area is 164 Å². The number of furan rings is 1. The molecule has 1 aliphatic heterocycles. The largest absolute Gasteiger partial charge is 0.467 e. The van der Waals surface area contributed by atoms with Gasteiger partial charge in [0.1, 0.15) is 17.1 Å². The van der Waals surface area contributed by atoms with Gasteiger partial charge in [-0.3, -0.25) is 4.79 Å². The zero-order valence-electron chi connectivity index (χ0n) is 15.7. The van der Waals surface area contributed by atoms with E-state index in [1.807, 2.05) is 19.9 Å². The molecule has 3 aromatic rings. The maximum absolute atomic E-state index is 13.7. The smallest absolute Gasteiger partial charge is 0.410 e. The van der Waals surface area contributed by atoms with Crippen molar-refractivity contribution in [3.8, 4) is 0 Å². The van der Waals surface area contributed by atoms with Crippen LogP contribution in [0.5, 0.6) is 0 Å². The number of fused-ring (bicyclic) bond motifs is 1. The van der Waals surface area contributed by atoms with Crippen molar-refractivity contribution in [1.29, 1.82) is 0 Å². The van der Waals surface area contributed by atoms with Gasteiger partial charge in [-0.05, 0) is 49.2 Å². The molecule has 152 valence electrons. The van der Waals surface area contributed by atoms with Crippen LogP contribution in [0.1, 0.15) is 45.7 Å². The lowest BCUT2D eigenvalue weighted by Crippen LogP contribution is -2.36. The van der Waals surface area contributed by atoms with Gasteiger partial charge >= 0.3 is 6.18 Å². The number of anilines is 2. The first-order valence-corrected chi connectivity index (χ1v) is 9.06. The molecule has 2 N–H and O–H groups in total. The number of alkyl halides is 3. The summed E-state index contributed by atoms with van der Waals surface area (Å²) in [5.41, 5.74) is 2.53. The summed E-state index contributed by atoms with van der Waals surface area (Å²) in [4.78, 5) is 12.8. The van der Waals surface area contributed by atoms with Crippen LogP contribution in [0, 0.1) is 13.8 Å². The number of amides is 1. The topological polar surface area (TPSA) is 72.1 Å². The number of nitrogens with one attached hydrogen (secondary N) is 2. The van der Waals surface area contributed by atoms with Crippen LogP contribution in [0.15, 0.2) is 47.2 Å². The van der Waals surface area contributed by atoms with Gasteiger partial charge in [-0.25, -0.2) is 4.68 Å². The first-order chi connectivity index (χ1) is 13.7. The average Bonchev–Trinajstić information content (AvgIpc) is 3.28. The summed E-state index contributed by atoms with van der Waals surface area (Å²) >= 11 is 0. The van der Waals surface area contributed by atoms with E-state index in [1.54, 1.807) is 24.3 Å². The fraction of sp³-hybridized carbons (Fsp3) is 0.300. The lowest BCUT2D eigenvalue weighted by molar-refractivity contribution is -0.174. The summed E-state index contributed by atoms with van der Waals surface area (Å²) in [5.74, 6) is -0.154. The van der Waals surface area contributed by atoms with Crippen LogP contribution in [0.3, 0.4) is 0 Å². The van der Waals surface area contributed by atoms with E-state index in [2.05, 4.69) is 15.7 Å². The van der Waals surface area contributed by atoms with Crippen molar-refractivity contribution in [2.75, 3.05) is 10.6 Å². The van der Waals surface area contributed by atoms with Crippen LogP contribution < -0.4 is 10.6 Å². The van der Waals surface area contributed by atoms with Crippen LogP contribution >= 0.6 is 0 Å². The quantitative estimate of drug-likeness (QED) is 0.644. The second kappa shape index (κ2) is 6.98. The van der Waals surface area contributed by atoms with E-state index in [4.69, 9.17) is 4.42 Å². The average molecular weight is 404 g/mol. The number of aryl methyl sites for hydroxylation is 2. The van der Waals surface area contributed by atoms with Crippen LogP contribution in [0.25, 0.3) is 0 Å². The van der Waals surface area contributed by atoms with E-state index in [9.17, 15) is 18.0 Å². The molecule has 0 unspecified atom stereocenters. The summed E-state index contributed by atoms with van der Waals surface area (Å²) in [6.45, 7) is 3.79. The molecule has 6 nitrogen and oxygen atoms in total. The minimum absolute atomic E-state index is 0.0156. The third-order valence-electron chi connectivity index (χ3n) is 4.85. The fourth-order valence-corrected chi connectivity index (χ4v) is 3.65. The maximum atomic E-state index is 13.7. The molecule has 0 aliphatic carbocycles. The first-order valence-electron chi connectivity index (χ1n) is 9.06. The summed E-state index contributed by atoms with van der Waals surface area (Å²) in [5, 5.41) is 9.59. The van der Waals surface area contributed by atoms with E-state index in [1.165, 1.54) is 6.26 Å². The standard InChI is InChI=1S/C20H19F3N4O2/c1-11-6-12(2)8-13(7-11)25-19(28)14-10-24-27-17(20(21,22)23)9-15(26-18(14)27)16-4-3-5-29-16/h3-8,10,15,17,26H,9H2,1-2H3,(H,25,28)/t15-,17-/m1/s1. The number of nitrogens with zero attached hydrogens (tertiary/aromatic N) is 2. The molecule has 2 aromatic heterocycles. The molecule has 3 heterocycles. The Morgan fingerprint density at radius 2 is 2.00 bits per heavy atom. The van der Waals surface area contributed by atoms with Gasteiger partial charge < -0.3 is 15.1 Å². The van der Waals surface area contributed by atoms with E-state index in [0.717, 1.165) is 22.0 Å². The van der Waals surface area contributed by atoms with Gasteiger partial charge in [0.15, 0.2) is 6.04 Å². The molecule has 1 aromatic carbocycles. The molecule has 0 fully saturated rings. The van der Waals surface area contributed by atoms with Gasteiger partial charge in [0, 0.05) is 12.1 Å². The minimum atomic E-state index is -4.52. The third kappa shape index (κ3) is 3.72. The summed E-state index contributed by atoms with van der Waals surface area (Å²) in [6, 6.07) is 6.16. The number of rotatable bonds is 3. The maximum Gasteiger partial charge on any atom is 0.410 e. The van der Waals surface area contributed by atoms with Crippen molar-refractivity contribution >= 4 is 17.4 Å². The van der Waals surface area contributed by atoms with E-state index in [0.29, 0.717) is 11.4 Å². The lowest BCUT2D eigenvalue weighted by Gasteiger charge is -2.32. The number of benzene rings is 1. The number of carbonyl (C=O) groups excluding carboxylic acids is 1. The van der Waals surface area contributed by atoms with Crippen molar-refractivity contribution in [3.63, 3.8) is 0 Å². The van der Waals surface area contributed by atoms with E-state index < -0.39 is 24.2 Å². The van der Waals surface area contributed by atoms with Gasteiger partial charge in [-0.15, -0.1) is 0 Å². The molecule has 1 amide bonds. The van der Waals surface area contributed by atoms with Gasteiger partial charge in [0.25, 0.3) is 5.91 Å². The van der Waals surface area contributed by atoms with Gasteiger partial charge in [-0.1, -0.05) is 6.07 Å². The Kier molecular flexibility index (Phi) is 4.60. The van der Waals surface area contributed by atoms with Crippen LogP contribution in [0.4, 0.5) is 24.7 Å². The molecule has 2 atom stereocenters. The van der Waals surface area contributed by atoms with Crippen molar-refractivity contribution in [2.24, 2.45) is 0 Å². The van der Waals surface area contributed by atoms with E-state index >= 15 is 0 Å². The van der Waals surface area contributed by atoms with Crippen LogP contribution in [-0.2, 0) is 0 Å². The molecule has 29 heavy (non-hydrogen) atoms. The van der Waals surface area contributed by atoms with Crippen molar-refractivity contribution in [2.45, 2.75) is 38.5 Å². The highest BCUT2D eigenvalue weighted by Gasteiger charge is 2.47. The monoisotopic (exact) mass is 404 g/mol. The second-order valence-electron chi connectivity index (χ2n) is 7.19. The molecule has 0 spiro atoms. The van der Waals surface area contributed by atoms with E-state index in [-0.39, 0.29) is 17.8 Å². The Hall–Kier alpha value is -3.23. The molecule has 0 bridgehead atoms. The SMILES string of the molecule is Cc1cc(C)cc(NC(=O)c2cnn3c2N[C@@H](c2ccco2)C[C@@H]3C(F)(F)F)c1. The molecule has 9 heteroatoms. The first kappa shape index (κ1) is 19.1.